The average Bonchev–Trinajstić information content (AvgIpc) is 3.38. The number of aromatic nitrogens is 2. The van der Waals surface area contributed by atoms with Gasteiger partial charge in [-0.2, -0.15) is 5.10 Å². The van der Waals surface area contributed by atoms with Gasteiger partial charge < -0.3 is 14.6 Å². The zero-order valence-corrected chi connectivity index (χ0v) is 24.4. The molecule has 0 spiro atoms. The van der Waals surface area contributed by atoms with Crippen LogP contribution < -0.4 is 10.1 Å². The van der Waals surface area contributed by atoms with E-state index >= 15 is 0 Å². The van der Waals surface area contributed by atoms with Crippen molar-refractivity contribution in [1.82, 2.24) is 9.78 Å². The van der Waals surface area contributed by atoms with Gasteiger partial charge in [0.15, 0.2) is 0 Å². The van der Waals surface area contributed by atoms with Gasteiger partial charge in [-0.15, -0.1) is 35.8 Å². The first-order chi connectivity index (χ1) is 20.4. The van der Waals surface area contributed by atoms with Crippen LogP contribution in [0, 0.1) is 0 Å². The first-order valence-corrected chi connectivity index (χ1v) is 14.8. The van der Waals surface area contributed by atoms with Crippen LogP contribution in [0.5, 0.6) is 5.75 Å². The fourth-order valence-corrected chi connectivity index (χ4v) is 7.37. The summed E-state index contributed by atoms with van der Waals surface area (Å²) < 4.78 is 53.1. The van der Waals surface area contributed by atoms with Crippen molar-refractivity contribution in [2.24, 2.45) is 7.05 Å². The molecule has 2 N–H and O–H groups in total. The molecule has 3 aromatic heterocycles. The van der Waals surface area contributed by atoms with Crippen molar-refractivity contribution in [2.75, 3.05) is 5.32 Å². The van der Waals surface area contributed by atoms with Gasteiger partial charge in [-0.25, -0.2) is 4.79 Å². The normalized spacial score (nSPS) is 14.8. The molecule has 6 rings (SSSR count). The lowest BCUT2D eigenvalue weighted by atomic mass is 9.94. The average molecular weight is 628 g/mol. The number of benzene rings is 2. The summed E-state index contributed by atoms with van der Waals surface area (Å²) in [5.41, 5.74) is 0.849. The number of nitrogens with one attached hydrogen (secondary N) is 1. The van der Waals surface area contributed by atoms with E-state index in [1.54, 1.807) is 32.3 Å². The van der Waals surface area contributed by atoms with Crippen LogP contribution in [-0.2, 0) is 22.0 Å². The van der Waals surface area contributed by atoms with Crippen molar-refractivity contribution < 1.29 is 37.3 Å². The summed E-state index contributed by atoms with van der Waals surface area (Å²) in [6.07, 6.45) is -3.71. The number of carboxylic acids is 1. The summed E-state index contributed by atoms with van der Waals surface area (Å²) in [5.74, 6) is -1.07. The molecule has 5 aromatic rings. The molecule has 1 aliphatic carbocycles. The van der Waals surface area contributed by atoms with Crippen molar-refractivity contribution in [2.45, 2.75) is 37.6 Å². The number of carbonyl (C=O) groups excluding carboxylic acids is 1. The number of aryl methyl sites for hydroxylation is 1. The third-order valence-corrected chi connectivity index (χ3v) is 9.73. The minimum atomic E-state index is -4.95. The Hall–Kier alpha value is -4.36. The quantitative estimate of drug-likeness (QED) is 0.179. The number of fused-ring (bicyclic) bond motifs is 1. The van der Waals surface area contributed by atoms with E-state index in [4.69, 9.17) is 4.74 Å². The van der Waals surface area contributed by atoms with Crippen molar-refractivity contribution in [1.29, 1.82) is 0 Å². The second-order valence-corrected chi connectivity index (χ2v) is 12.4. The van der Waals surface area contributed by atoms with Crippen LogP contribution in [0.2, 0.25) is 0 Å². The van der Waals surface area contributed by atoms with Crippen LogP contribution in [0.3, 0.4) is 0 Å². The molecule has 0 saturated heterocycles. The minimum Gasteiger partial charge on any atom is -0.481 e. The topological polar surface area (TPSA) is 103 Å². The van der Waals surface area contributed by atoms with E-state index in [1.165, 1.54) is 39.5 Å². The molecule has 0 radical (unpaired) electrons. The van der Waals surface area contributed by atoms with Gasteiger partial charge in [-0.05, 0) is 55.2 Å². The molecule has 13 heteroatoms. The number of nitrogens with zero attached hydrogens (tertiary/aromatic N) is 2. The molecule has 1 atom stereocenters. The zero-order chi connectivity index (χ0) is 30.5. The van der Waals surface area contributed by atoms with Crippen LogP contribution in [0.25, 0.3) is 30.3 Å². The van der Waals surface area contributed by atoms with Crippen LogP contribution in [-0.4, -0.2) is 33.3 Å². The summed E-state index contributed by atoms with van der Waals surface area (Å²) in [4.78, 5) is 25.8. The molecule has 222 valence electrons. The fraction of sp³-hybridized carbons (Fsp3) is 0.233. The van der Waals surface area contributed by atoms with Gasteiger partial charge in [0.05, 0.1) is 17.2 Å². The molecular weight excluding hydrogens is 603 g/mol. The Morgan fingerprint density at radius 1 is 1.02 bits per heavy atom. The van der Waals surface area contributed by atoms with Crippen molar-refractivity contribution in [3.63, 3.8) is 0 Å². The molecule has 1 amide bonds. The monoisotopic (exact) mass is 627 g/mol. The van der Waals surface area contributed by atoms with E-state index in [0.717, 1.165) is 19.8 Å². The molecule has 1 aliphatic rings. The van der Waals surface area contributed by atoms with Gasteiger partial charge >= 0.3 is 18.4 Å². The summed E-state index contributed by atoms with van der Waals surface area (Å²) in [5, 5.41) is 16.7. The van der Waals surface area contributed by atoms with Crippen molar-refractivity contribution in [3.05, 3.63) is 78.0 Å². The number of rotatable bonds is 8. The SMILES string of the molecule is CC(OC(=O)Nc1c(-c2cc3sc(-c4ccc(C5(C(=O)O)CC5)cc4OC(F)(F)F)cc3s2)cnn1C)c1ccccc1. The van der Waals surface area contributed by atoms with Crippen LogP contribution in [0.1, 0.15) is 37.0 Å². The number of carboxylic acid groups (broad SMARTS) is 1. The Labute approximate surface area is 251 Å². The Balaban J connectivity index is 1.27. The van der Waals surface area contributed by atoms with E-state index in [2.05, 4.69) is 15.2 Å². The highest BCUT2D eigenvalue weighted by Gasteiger charge is 2.52. The molecule has 2 aromatic carbocycles. The lowest BCUT2D eigenvalue weighted by Gasteiger charge is -2.16. The highest BCUT2D eigenvalue weighted by atomic mass is 32.1. The van der Waals surface area contributed by atoms with E-state index in [1.807, 2.05) is 36.4 Å². The molecule has 1 fully saturated rings. The summed E-state index contributed by atoms with van der Waals surface area (Å²) in [7, 11) is 1.69. The van der Waals surface area contributed by atoms with Gasteiger partial charge in [0, 0.05) is 31.8 Å². The molecule has 0 aliphatic heterocycles. The predicted octanol–water partition coefficient (Wildman–Crippen LogP) is 8.35. The van der Waals surface area contributed by atoms with E-state index in [0.29, 0.717) is 29.1 Å². The molecule has 8 nitrogen and oxygen atoms in total. The lowest BCUT2D eigenvalue weighted by Crippen LogP contribution is -2.21. The largest absolute Gasteiger partial charge is 0.573 e. The Morgan fingerprint density at radius 2 is 1.67 bits per heavy atom. The number of aliphatic carboxylic acids is 1. The lowest BCUT2D eigenvalue weighted by molar-refractivity contribution is -0.274. The summed E-state index contributed by atoms with van der Waals surface area (Å²) >= 11 is 2.68. The predicted molar refractivity (Wildman–Crippen MR) is 158 cm³/mol. The van der Waals surface area contributed by atoms with E-state index in [9.17, 15) is 27.9 Å². The molecule has 3 heterocycles. The Bertz CT molecular complexity index is 1810. The van der Waals surface area contributed by atoms with Crippen molar-refractivity contribution >= 4 is 50.0 Å². The number of hydrogen-bond donors (Lipinski definition) is 2. The number of halogens is 3. The second-order valence-electron chi connectivity index (χ2n) is 10.2. The number of hydrogen-bond acceptors (Lipinski definition) is 7. The van der Waals surface area contributed by atoms with E-state index in [-0.39, 0.29) is 11.1 Å². The maximum absolute atomic E-state index is 13.3. The smallest absolute Gasteiger partial charge is 0.481 e. The number of amides is 1. The van der Waals surface area contributed by atoms with Gasteiger partial charge in [-0.1, -0.05) is 36.4 Å². The molecule has 0 bridgehead atoms. The zero-order valence-electron chi connectivity index (χ0n) is 22.8. The number of ether oxygens (including phenoxy) is 2. The van der Waals surface area contributed by atoms with Crippen LogP contribution in [0.4, 0.5) is 23.8 Å². The molecular formula is C30H24F3N3O5S2. The second kappa shape index (κ2) is 10.7. The number of carbonyl (C=O) groups is 2. The maximum Gasteiger partial charge on any atom is 0.573 e. The first-order valence-electron chi connectivity index (χ1n) is 13.2. The van der Waals surface area contributed by atoms with Gasteiger partial charge in [0.1, 0.15) is 17.7 Å². The van der Waals surface area contributed by atoms with Gasteiger partial charge in [0.2, 0.25) is 0 Å². The molecule has 1 saturated carbocycles. The summed E-state index contributed by atoms with van der Waals surface area (Å²) in [6.45, 7) is 1.78. The Morgan fingerprint density at radius 3 is 2.28 bits per heavy atom. The first kappa shape index (κ1) is 28.7. The van der Waals surface area contributed by atoms with Crippen LogP contribution in [0.15, 0.2) is 66.9 Å². The number of alkyl halides is 3. The van der Waals surface area contributed by atoms with Crippen molar-refractivity contribution in [3.8, 4) is 26.6 Å². The summed E-state index contributed by atoms with van der Waals surface area (Å²) in [6, 6.07) is 17.2. The van der Waals surface area contributed by atoms with Gasteiger partial charge in [0.25, 0.3) is 0 Å². The van der Waals surface area contributed by atoms with Crippen LogP contribution >= 0.6 is 22.7 Å². The number of anilines is 1. The highest BCUT2D eigenvalue weighted by Crippen LogP contribution is 2.51. The van der Waals surface area contributed by atoms with Gasteiger partial charge in [-0.3, -0.25) is 14.8 Å². The highest BCUT2D eigenvalue weighted by molar-refractivity contribution is 7.31. The third kappa shape index (κ3) is 5.69. The molecule has 43 heavy (non-hydrogen) atoms. The third-order valence-electron chi connectivity index (χ3n) is 7.37. The number of thiophene rings is 2. The standard InChI is InChI=1S/C30H24F3N3O5S2/c1-16(17-6-4-3-5-7-17)40-28(39)35-26-20(15-34-36(26)2)23-14-25-24(43-23)13-22(42-25)19-9-8-18(29(10-11-29)27(37)38)12-21(19)41-30(31,32)33/h3-9,12-16H,10-11H2,1-2H3,(H,35,39)(H,37,38). The minimum absolute atomic E-state index is 0.219. The maximum atomic E-state index is 13.3. The van der Waals surface area contributed by atoms with E-state index < -0.39 is 35.7 Å². The Kier molecular flexibility index (Phi) is 7.17. The fourth-order valence-electron chi connectivity index (χ4n) is 4.93. The molecule has 1 unspecified atom stereocenters.